The molecule has 1 aliphatic heterocycles. The molecule has 0 aromatic heterocycles. The van der Waals surface area contributed by atoms with Gasteiger partial charge in [0.15, 0.2) is 5.92 Å². The summed E-state index contributed by atoms with van der Waals surface area (Å²) >= 11 is 1.81. The number of ether oxygens (including phenoxy) is 1. The Labute approximate surface area is 88.1 Å². The summed E-state index contributed by atoms with van der Waals surface area (Å²) in [7, 11) is 0. The first-order valence-electron chi connectivity index (χ1n) is 4.62. The molecule has 1 heterocycles. The topological polar surface area (TPSA) is 50.1 Å². The molecule has 0 aromatic rings. The zero-order valence-corrected chi connectivity index (χ0v) is 8.97. The second-order valence-electron chi connectivity index (χ2n) is 2.92. The number of nitriles is 1. The lowest BCUT2D eigenvalue weighted by Crippen LogP contribution is -2.20. The number of thioether (sulfide) groups is 1. The van der Waals surface area contributed by atoms with Crippen LogP contribution in [0.15, 0.2) is 11.6 Å². The minimum absolute atomic E-state index is 0.332. The average Bonchev–Trinajstić information content (AvgIpc) is 2.21. The largest absolute Gasteiger partial charge is 0.465 e. The van der Waals surface area contributed by atoms with Gasteiger partial charge in [-0.1, -0.05) is 6.08 Å². The van der Waals surface area contributed by atoms with E-state index in [-0.39, 0.29) is 0 Å². The lowest BCUT2D eigenvalue weighted by Gasteiger charge is -2.15. The van der Waals surface area contributed by atoms with E-state index in [1.807, 2.05) is 23.9 Å². The van der Waals surface area contributed by atoms with E-state index in [0.29, 0.717) is 6.61 Å². The van der Waals surface area contributed by atoms with Gasteiger partial charge in [-0.25, -0.2) is 0 Å². The summed E-state index contributed by atoms with van der Waals surface area (Å²) in [6.07, 6.45) is 2.79. The lowest BCUT2D eigenvalue weighted by atomic mass is 9.98. The molecule has 0 amide bonds. The zero-order chi connectivity index (χ0) is 10.4. The monoisotopic (exact) mass is 211 g/mol. The van der Waals surface area contributed by atoms with Crippen LogP contribution < -0.4 is 0 Å². The molecule has 0 fully saturated rings. The zero-order valence-electron chi connectivity index (χ0n) is 8.16. The SMILES string of the molecule is CCOC(=O)C(C#N)C1=CCSCC1. The molecular weight excluding hydrogens is 198 g/mol. The normalized spacial score (nSPS) is 17.9. The maximum atomic E-state index is 11.4. The Morgan fingerprint density at radius 3 is 3.14 bits per heavy atom. The van der Waals surface area contributed by atoms with E-state index in [1.54, 1.807) is 6.92 Å². The molecule has 0 saturated heterocycles. The van der Waals surface area contributed by atoms with Crippen molar-refractivity contribution in [3.05, 3.63) is 11.6 Å². The minimum Gasteiger partial charge on any atom is -0.465 e. The number of hydrogen-bond acceptors (Lipinski definition) is 4. The molecule has 14 heavy (non-hydrogen) atoms. The Morgan fingerprint density at radius 1 is 1.86 bits per heavy atom. The van der Waals surface area contributed by atoms with Gasteiger partial charge < -0.3 is 4.74 Å². The molecule has 0 bridgehead atoms. The summed E-state index contributed by atoms with van der Waals surface area (Å²) in [5.41, 5.74) is 0.921. The van der Waals surface area contributed by atoms with Gasteiger partial charge in [0.05, 0.1) is 12.7 Å². The van der Waals surface area contributed by atoms with Gasteiger partial charge in [0.1, 0.15) is 0 Å². The van der Waals surface area contributed by atoms with Crippen molar-refractivity contribution < 1.29 is 9.53 Å². The van der Waals surface area contributed by atoms with Gasteiger partial charge in [-0.3, -0.25) is 4.79 Å². The predicted octanol–water partition coefficient (Wildman–Crippen LogP) is 1.75. The lowest BCUT2D eigenvalue weighted by molar-refractivity contribution is -0.144. The molecule has 1 atom stereocenters. The van der Waals surface area contributed by atoms with Crippen molar-refractivity contribution >= 4 is 17.7 Å². The fourth-order valence-electron chi connectivity index (χ4n) is 1.32. The average molecular weight is 211 g/mol. The van der Waals surface area contributed by atoms with Crippen LogP contribution in [0, 0.1) is 17.2 Å². The smallest absolute Gasteiger partial charge is 0.327 e. The van der Waals surface area contributed by atoms with Crippen molar-refractivity contribution in [3.63, 3.8) is 0 Å². The Bertz CT molecular complexity index is 280. The summed E-state index contributed by atoms with van der Waals surface area (Å²) in [5.74, 6) is 0.792. The summed E-state index contributed by atoms with van der Waals surface area (Å²) in [5, 5.41) is 8.88. The van der Waals surface area contributed by atoms with Crippen molar-refractivity contribution in [2.24, 2.45) is 5.92 Å². The third kappa shape index (κ3) is 2.78. The molecule has 0 radical (unpaired) electrons. The van der Waals surface area contributed by atoms with Gasteiger partial charge in [-0.05, 0) is 24.7 Å². The number of carbonyl (C=O) groups is 1. The van der Waals surface area contributed by atoms with Crippen LogP contribution in [0.3, 0.4) is 0 Å². The van der Waals surface area contributed by atoms with E-state index in [4.69, 9.17) is 10.00 Å². The van der Waals surface area contributed by atoms with Crippen molar-refractivity contribution in [1.82, 2.24) is 0 Å². The second-order valence-corrected chi connectivity index (χ2v) is 4.07. The first kappa shape index (κ1) is 11.1. The van der Waals surface area contributed by atoms with E-state index in [2.05, 4.69) is 0 Å². The Hall–Kier alpha value is -0.950. The highest BCUT2D eigenvalue weighted by Crippen LogP contribution is 2.24. The third-order valence-corrected chi connectivity index (χ3v) is 2.92. The molecule has 0 aromatic carbocycles. The van der Waals surface area contributed by atoms with Crippen LogP contribution >= 0.6 is 11.8 Å². The van der Waals surface area contributed by atoms with E-state index >= 15 is 0 Å². The molecule has 0 aliphatic carbocycles. The van der Waals surface area contributed by atoms with E-state index in [1.165, 1.54) is 0 Å². The van der Waals surface area contributed by atoms with Gasteiger partial charge in [-0.2, -0.15) is 17.0 Å². The number of carbonyl (C=O) groups excluding carboxylic acids is 1. The Balaban J connectivity index is 2.66. The molecular formula is C10H13NO2S. The van der Waals surface area contributed by atoms with Crippen LogP contribution in [-0.4, -0.2) is 24.1 Å². The number of esters is 1. The van der Waals surface area contributed by atoms with Gasteiger partial charge in [0.2, 0.25) is 0 Å². The Kier molecular flexibility index (Phi) is 4.54. The molecule has 3 nitrogen and oxygen atoms in total. The summed E-state index contributed by atoms with van der Waals surface area (Å²) in [6, 6.07) is 2.00. The number of rotatable bonds is 3. The molecule has 1 unspecified atom stereocenters. The third-order valence-electron chi connectivity index (χ3n) is 2.02. The second kappa shape index (κ2) is 5.71. The maximum Gasteiger partial charge on any atom is 0.327 e. The van der Waals surface area contributed by atoms with Crippen LogP contribution in [0.4, 0.5) is 0 Å². The summed E-state index contributed by atoms with van der Waals surface area (Å²) in [6.45, 7) is 2.08. The fourth-order valence-corrected chi connectivity index (χ4v) is 2.19. The van der Waals surface area contributed by atoms with Crippen LogP contribution in [0.1, 0.15) is 13.3 Å². The van der Waals surface area contributed by atoms with E-state index in [0.717, 1.165) is 23.5 Å². The number of hydrogen-bond donors (Lipinski definition) is 0. The van der Waals surface area contributed by atoms with Gasteiger partial charge in [0.25, 0.3) is 0 Å². The molecule has 0 N–H and O–H groups in total. The molecule has 4 heteroatoms. The van der Waals surface area contributed by atoms with Crippen LogP contribution in [0.25, 0.3) is 0 Å². The minimum atomic E-state index is -0.684. The maximum absolute atomic E-state index is 11.4. The molecule has 1 aliphatic rings. The molecule has 76 valence electrons. The number of nitrogens with zero attached hydrogens (tertiary/aromatic N) is 1. The summed E-state index contributed by atoms with van der Waals surface area (Å²) < 4.78 is 4.84. The van der Waals surface area contributed by atoms with Crippen molar-refractivity contribution in [1.29, 1.82) is 5.26 Å². The van der Waals surface area contributed by atoms with Gasteiger partial charge in [0, 0.05) is 5.75 Å². The molecule has 0 saturated carbocycles. The highest BCUT2D eigenvalue weighted by atomic mass is 32.2. The standard InChI is InChI=1S/C10H13NO2S/c1-2-13-10(12)9(7-11)8-3-5-14-6-4-8/h3,9H,2,4-6H2,1H3. The van der Waals surface area contributed by atoms with Crippen LogP contribution in [0.2, 0.25) is 0 Å². The Morgan fingerprint density at radius 2 is 2.64 bits per heavy atom. The summed E-state index contributed by atoms with van der Waals surface area (Å²) in [4.78, 5) is 11.4. The first-order chi connectivity index (χ1) is 6.79. The van der Waals surface area contributed by atoms with Crippen LogP contribution in [0.5, 0.6) is 0 Å². The first-order valence-corrected chi connectivity index (χ1v) is 5.78. The van der Waals surface area contributed by atoms with E-state index in [9.17, 15) is 4.79 Å². The highest BCUT2D eigenvalue weighted by Gasteiger charge is 2.24. The van der Waals surface area contributed by atoms with Crippen molar-refractivity contribution in [2.75, 3.05) is 18.1 Å². The van der Waals surface area contributed by atoms with E-state index < -0.39 is 11.9 Å². The predicted molar refractivity (Wildman–Crippen MR) is 55.8 cm³/mol. The van der Waals surface area contributed by atoms with Crippen molar-refractivity contribution in [2.45, 2.75) is 13.3 Å². The molecule has 1 rings (SSSR count). The van der Waals surface area contributed by atoms with Crippen molar-refractivity contribution in [3.8, 4) is 6.07 Å². The van der Waals surface area contributed by atoms with Crippen LogP contribution in [-0.2, 0) is 9.53 Å². The highest BCUT2D eigenvalue weighted by molar-refractivity contribution is 7.99. The molecule has 0 spiro atoms. The van der Waals surface area contributed by atoms with Gasteiger partial charge >= 0.3 is 5.97 Å². The fraction of sp³-hybridized carbons (Fsp3) is 0.600. The quantitative estimate of drug-likeness (QED) is 0.527. The van der Waals surface area contributed by atoms with Gasteiger partial charge in [-0.15, -0.1) is 0 Å².